The van der Waals surface area contributed by atoms with Gasteiger partial charge in [-0.2, -0.15) is 0 Å². The molecule has 2 heterocycles. The Hall–Kier alpha value is -2.79. The van der Waals surface area contributed by atoms with Gasteiger partial charge in [0.25, 0.3) is 0 Å². The van der Waals surface area contributed by atoms with Crippen LogP contribution >= 0.6 is 11.3 Å². The van der Waals surface area contributed by atoms with Crippen molar-refractivity contribution in [2.24, 2.45) is 0 Å². The molecule has 0 atom stereocenters. The van der Waals surface area contributed by atoms with Crippen LogP contribution in [-0.4, -0.2) is 16.8 Å². The van der Waals surface area contributed by atoms with Gasteiger partial charge in [-0.15, -0.1) is 11.3 Å². The first kappa shape index (κ1) is 15.1. The normalized spacial score (nSPS) is 10.3. The maximum absolute atomic E-state index is 8.07. The van der Waals surface area contributed by atoms with Gasteiger partial charge in [-0.05, 0) is 36.6 Å². The summed E-state index contributed by atoms with van der Waals surface area (Å²) in [5.41, 5.74) is 3.24. The molecule has 2 N–H and O–H groups in total. The number of hydrogen-bond acceptors (Lipinski definition) is 5. The lowest BCUT2D eigenvalue weighted by molar-refractivity contribution is 0.538. The molecule has 2 aromatic heterocycles. The highest BCUT2D eigenvalue weighted by Crippen LogP contribution is 2.24. The van der Waals surface area contributed by atoms with E-state index in [1.165, 1.54) is 0 Å². The summed E-state index contributed by atoms with van der Waals surface area (Å²) in [6.45, 7) is 1.98. The molecule has 0 bridgehead atoms. The van der Waals surface area contributed by atoms with Gasteiger partial charge in [0.1, 0.15) is 0 Å². The summed E-state index contributed by atoms with van der Waals surface area (Å²) in [4.78, 5) is 5.25. The summed E-state index contributed by atoms with van der Waals surface area (Å²) in [7, 11) is 0. The minimum absolute atomic E-state index is 0.0449. The van der Waals surface area contributed by atoms with E-state index in [9.17, 15) is 0 Å². The van der Waals surface area contributed by atoms with Gasteiger partial charge >= 0.3 is 0 Å². The topological polar surface area (TPSA) is 69.8 Å². The molecular formula is C18H15N3OS. The van der Waals surface area contributed by atoms with E-state index >= 15 is 0 Å². The van der Waals surface area contributed by atoms with Crippen molar-refractivity contribution < 1.29 is 4.74 Å². The zero-order valence-corrected chi connectivity index (χ0v) is 13.4. The standard InChI is InChI=1S/C18H15N3OS/c1-12-4-6-13(7-5-12)17(19)22-18(20)15-9-14(10-21-11-15)16-3-2-8-23-16/h2-11,19-20H,1H3. The van der Waals surface area contributed by atoms with Crippen LogP contribution in [0.1, 0.15) is 16.7 Å². The van der Waals surface area contributed by atoms with E-state index in [0.29, 0.717) is 11.1 Å². The van der Waals surface area contributed by atoms with Crippen LogP contribution in [0.3, 0.4) is 0 Å². The van der Waals surface area contributed by atoms with Crippen molar-refractivity contribution in [2.75, 3.05) is 0 Å². The van der Waals surface area contributed by atoms with Crippen molar-refractivity contribution in [3.05, 3.63) is 76.9 Å². The lowest BCUT2D eigenvalue weighted by Gasteiger charge is -2.09. The van der Waals surface area contributed by atoms with Crippen LogP contribution in [-0.2, 0) is 4.74 Å². The predicted molar refractivity (Wildman–Crippen MR) is 93.5 cm³/mol. The molecule has 23 heavy (non-hydrogen) atoms. The molecule has 0 aliphatic heterocycles. The average molecular weight is 321 g/mol. The predicted octanol–water partition coefficient (Wildman–Crippen LogP) is 4.49. The Morgan fingerprint density at radius 2 is 1.74 bits per heavy atom. The van der Waals surface area contributed by atoms with Crippen molar-refractivity contribution in [1.29, 1.82) is 10.8 Å². The number of pyridine rings is 1. The van der Waals surface area contributed by atoms with E-state index in [4.69, 9.17) is 15.6 Å². The Labute approximate surface area is 138 Å². The highest BCUT2D eigenvalue weighted by molar-refractivity contribution is 7.13. The number of nitrogens with one attached hydrogen (secondary N) is 2. The second-order valence-electron chi connectivity index (χ2n) is 5.07. The first-order valence-corrected chi connectivity index (χ1v) is 7.93. The molecule has 3 rings (SSSR count). The summed E-state index contributed by atoms with van der Waals surface area (Å²) < 4.78 is 5.36. The Bertz CT molecular complexity index is 839. The van der Waals surface area contributed by atoms with Crippen LogP contribution in [0.5, 0.6) is 0 Å². The molecule has 0 saturated heterocycles. The summed E-state index contributed by atoms with van der Waals surface area (Å²) in [5.74, 6) is -0.127. The third-order valence-corrected chi connectivity index (χ3v) is 4.24. The van der Waals surface area contributed by atoms with Gasteiger partial charge in [-0.1, -0.05) is 23.8 Å². The third kappa shape index (κ3) is 3.52. The molecule has 114 valence electrons. The molecule has 0 aliphatic carbocycles. The number of rotatable bonds is 3. The molecule has 1 aromatic carbocycles. The number of nitrogens with zero attached hydrogens (tertiary/aromatic N) is 1. The molecule has 0 unspecified atom stereocenters. The van der Waals surface area contributed by atoms with Crippen LogP contribution in [0.2, 0.25) is 0 Å². The summed E-state index contributed by atoms with van der Waals surface area (Å²) in [6, 6.07) is 13.3. The van der Waals surface area contributed by atoms with E-state index in [2.05, 4.69) is 4.98 Å². The first-order valence-electron chi connectivity index (χ1n) is 7.05. The molecule has 0 saturated carbocycles. The van der Waals surface area contributed by atoms with Gasteiger partial charge in [0.2, 0.25) is 11.8 Å². The second kappa shape index (κ2) is 6.54. The van der Waals surface area contributed by atoms with Gasteiger partial charge in [0.05, 0.1) is 5.56 Å². The van der Waals surface area contributed by atoms with Crippen molar-refractivity contribution in [3.63, 3.8) is 0 Å². The zero-order valence-electron chi connectivity index (χ0n) is 12.5. The van der Waals surface area contributed by atoms with Gasteiger partial charge in [0.15, 0.2) is 0 Å². The van der Waals surface area contributed by atoms with E-state index in [1.54, 1.807) is 23.7 Å². The Morgan fingerprint density at radius 1 is 1.00 bits per heavy atom. The molecule has 3 aromatic rings. The smallest absolute Gasteiger partial charge is 0.222 e. The number of hydrogen-bond donors (Lipinski definition) is 2. The Morgan fingerprint density at radius 3 is 2.43 bits per heavy atom. The quantitative estimate of drug-likeness (QED) is 0.551. The monoisotopic (exact) mass is 321 g/mol. The van der Waals surface area contributed by atoms with Gasteiger partial charge in [0, 0.05) is 28.4 Å². The maximum Gasteiger partial charge on any atom is 0.222 e. The van der Waals surface area contributed by atoms with Crippen LogP contribution in [0.15, 0.2) is 60.2 Å². The molecule has 4 nitrogen and oxygen atoms in total. The third-order valence-electron chi connectivity index (χ3n) is 3.32. The summed E-state index contributed by atoms with van der Waals surface area (Å²) in [5, 5.41) is 18.1. The van der Waals surface area contributed by atoms with E-state index in [1.807, 2.05) is 54.8 Å². The highest BCUT2D eigenvalue weighted by atomic mass is 32.1. The fraction of sp³-hybridized carbons (Fsp3) is 0.0556. The number of aryl methyl sites for hydroxylation is 1. The van der Waals surface area contributed by atoms with Crippen LogP contribution in [0.4, 0.5) is 0 Å². The average Bonchev–Trinajstić information content (AvgIpc) is 3.10. The fourth-order valence-electron chi connectivity index (χ4n) is 2.07. The lowest BCUT2D eigenvalue weighted by Crippen LogP contribution is -2.13. The molecule has 0 aliphatic rings. The number of ether oxygens (including phenoxy) is 1. The summed E-state index contributed by atoms with van der Waals surface area (Å²) >= 11 is 1.61. The van der Waals surface area contributed by atoms with Crippen LogP contribution in [0, 0.1) is 17.7 Å². The summed E-state index contributed by atoms with van der Waals surface area (Å²) in [6.07, 6.45) is 3.33. The molecular weight excluding hydrogens is 306 g/mol. The zero-order chi connectivity index (χ0) is 16.2. The van der Waals surface area contributed by atoms with E-state index < -0.39 is 0 Å². The largest absolute Gasteiger partial charge is 0.421 e. The maximum atomic E-state index is 8.07. The molecule has 0 fully saturated rings. The molecule has 0 spiro atoms. The minimum atomic E-state index is -0.0820. The van der Waals surface area contributed by atoms with Crippen molar-refractivity contribution in [1.82, 2.24) is 4.98 Å². The highest BCUT2D eigenvalue weighted by Gasteiger charge is 2.10. The number of thiophene rings is 1. The van der Waals surface area contributed by atoms with E-state index in [0.717, 1.165) is 16.0 Å². The van der Waals surface area contributed by atoms with Crippen molar-refractivity contribution in [3.8, 4) is 10.4 Å². The minimum Gasteiger partial charge on any atom is -0.421 e. The van der Waals surface area contributed by atoms with Crippen LogP contribution < -0.4 is 0 Å². The molecule has 0 amide bonds. The molecule has 0 radical (unpaired) electrons. The van der Waals surface area contributed by atoms with Crippen LogP contribution in [0.25, 0.3) is 10.4 Å². The van der Waals surface area contributed by atoms with Gasteiger partial charge in [-0.3, -0.25) is 15.8 Å². The SMILES string of the molecule is Cc1ccc(C(=N)OC(=N)c2cncc(-c3cccs3)c2)cc1. The van der Waals surface area contributed by atoms with Crippen molar-refractivity contribution >= 4 is 23.1 Å². The number of benzene rings is 1. The van der Waals surface area contributed by atoms with Gasteiger partial charge in [-0.25, -0.2) is 0 Å². The number of aromatic nitrogens is 1. The second-order valence-corrected chi connectivity index (χ2v) is 6.01. The first-order chi connectivity index (χ1) is 11.1. The van der Waals surface area contributed by atoms with Crippen molar-refractivity contribution in [2.45, 2.75) is 6.92 Å². The lowest BCUT2D eigenvalue weighted by atomic mass is 10.1. The Balaban J connectivity index is 1.77. The van der Waals surface area contributed by atoms with Gasteiger partial charge < -0.3 is 4.74 Å². The Kier molecular flexibility index (Phi) is 4.30. The molecule has 5 heteroatoms. The van der Waals surface area contributed by atoms with E-state index in [-0.39, 0.29) is 11.8 Å². The fourth-order valence-corrected chi connectivity index (χ4v) is 2.78.